The van der Waals surface area contributed by atoms with Crippen molar-refractivity contribution >= 4 is 11.7 Å². The third kappa shape index (κ3) is 4.93. The summed E-state index contributed by atoms with van der Waals surface area (Å²) >= 11 is 0. The molecule has 1 aliphatic heterocycles. The molecule has 2 heterocycles. The van der Waals surface area contributed by atoms with E-state index >= 15 is 0 Å². The Morgan fingerprint density at radius 1 is 0.897 bits per heavy atom. The van der Waals surface area contributed by atoms with E-state index in [9.17, 15) is 4.79 Å². The molecule has 1 atom stereocenters. The molecule has 4 rings (SSSR count). The molecule has 0 bridgehead atoms. The lowest BCUT2D eigenvalue weighted by Crippen LogP contribution is -2.48. The molecule has 0 aliphatic carbocycles. The van der Waals surface area contributed by atoms with Crippen molar-refractivity contribution in [1.82, 2.24) is 15.6 Å². The summed E-state index contributed by atoms with van der Waals surface area (Å²) in [5.41, 5.74) is 3.09. The third-order valence-electron chi connectivity index (χ3n) is 5.34. The van der Waals surface area contributed by atoms with E-state index in [0.717, 1.165) is 37.2 Å². The zero-order valence-electron chi connectivity index (χ0n) is 16.4. The molecule has 5 nitrogen and oxygen atoms in total. The summed E-state index contributed by atoms with van der Waals surface area (Å²) in [6.45, 7) is 1.88. The number of carbonyl (C=O) groups excluding carboxylic acids is 1. The van der Waals surface area contributed by atoms with Crippen molar-refractivity contribution in [2.75, 3.05) is 18.0 Å². The number of nitrogens with zero attached hydrogens (tertiary/aromatic N) is 2. The second-order valence-electron chi connectivity index (χ2n) is 7.31. The molecule has 2 aromatic carbocycles. The van der Waals surface area contributed by atoms with Crippen molar-refractivity contribution < 1.29 is 4.79 Å². The van der Waals surface area contributed by atoms with Gasteiger partial charge in [0.1, 0.15) is 0 Å². The Bertz CT molecular complexity index is 854. The molecule has 1 unspecified atom stereocenters. The Morgan fingerprint density at radius 2 is 1.55 bits per heavy atom. The number of rotatable bonds is 5. The van der Waals surface area contributed by atoms with Crippen molar-refractivity contribution in [1.29, 1.82) is 0 Å². The summed E-state index contributed by atoms with van der Waals surface area (Å²) in [7, 11) is 0. The van der Waals surface area contributed by atoms with Gasteiger partial charge in [0.25, 0.3) is 0 Å². The molecule has 2 amide bonds. The Balaban J connectivity index is 1.37. The Kier molecular flexibility index (Phi) is 6.05. The van der Waals surface area contributed by atoms with Gasteiger partial charge in [-0.2, -0.15) is 0 Å². The fourth-order valence-electron chi connectivity index (χ4n) is 3.80. The predicted molar refractivity (Wildman–Crippen MR) is 116 cm³/mol. The molecule has 1 aliphatic rings. The maximum atomic E-state index is 12.8. The van der Waals surface area contributed by atoms with Crippen molar-refractivity contribution in [3.63, 3.8) is 0 Å². The van der Waals surface area contributed by atoms with E-state index in [1.807, 2.05) is 54.6 Å². The van der Waals surface area contributed by atoms with E-state index in [2.05, 4.69) is 44.8 Å². The van der Waals surface area contributed by atoms with Crippen LogP contribution in [0.15, 0.2) is 85.1 Å². The normalized spacial score (nSPS) is 15.5. The highest BCUT2D eigenvalue weighted by Gasteiger charge is 2.23. The lowest BCUT2D eigenvalue weighted by Gasteiger charge is -2.34. The average Bonchev–Trinajstić information content (AvgIpc) is 2.80. The van der Waals surface area contributed by atoms with Gasteiger partial charge in [0.05, 0.1) is 11.7 Å². The summed E-state index contributed by atoms with van der Waals surface area (Å²) < 4.78 is 0. The van der Waals surface area contributed by atoms with Gasteiger partial charge in [-0.25, -0.2) is 4.79 Å². The van der Waals surface area contributed by atoms with Crippen molar-refractivity contribution in [2.24, 2.45) is 0 Å². The van der Waals surface area contributed by atoms with Gasteiger partial charge in [-0.3, -0.25) is 4.98 Å². The molecule has 29 heavy (non-hydrogen) atoms. The van der Waals surface area contributed by atoms with Crippen molar-refractivity contribution in [3.8, 4) is 0 Å². The van der Waals surface area contributed by atoms with Crippen LogP contribution in [0.25, 0.3) is 0 Å². The summed E-state index contributed by atoms with van der Waals surface area (Å²) in [6, 6.07) is 25.9. The molecular formula is C24H26N4O. The fraction of sp³-hybridized carbons (Fsp3) is 0.250. The van der Waals surface area contributed by atoms with Gasteiger partial charge < -0.3 is 15.5 Å². The van der Waals surface area contributed by atoms with Crippen LogP contribution in [0.4, 0.5) is 10.5 Å². The molecule has 0 spiro atoms. The third-order valence-corrected chi connectivity index (χ3v) is 5.34. The summed E-state index contributed by atoms with van der Waals surface area (Å²) in [5, 5.41) is 6.27. The number of hydrogen-bond donors (Lipinski definition) is 2. The van der Waals surface area contributed by atoms with E-state index < -0.39 is 0 Å². The van der Waals surface area contributed by atoms with E-state index in [4.69, 9.17) is 0 Å². The van der Waals surface area contributed by atoms with Crippen LogP contribution in [0.3, 0.4) is 0 Å². The number of para-hydroxylation sites is 1. The molecular weight excluding hydrogens is 360 g/mol. The summed E-state index contributed by atoms with van der Waals surface area (Å²) in [4.78, 5) is 19.6. The lowest BCUT2D eigenvalue weighted by molar-refractivity contribution is 0.232. The van der Waals surface area contributed by atoms with Crippen LogP contribution in [0.5, 0.6) is 0 Å². The molecule has 1 aromatic heterocycles. The van der Waals surface area contributed by atoms with Crippen molar-refractivity contribution in [2.45, 2.75) is 24.9 Å². The number of urea groups is 1. The number of anilines is 1. The van der Waals surface area contributed by atoms with Crippen LogP contribution < -0.4 is 15.5 Å². The molecule has 148 valence electrons. The molecule has 3 aromatic rings. The second kappa shape index (κ2) is 9.24. The van der Waals surface area contributed by atoms with Crippen LogP contribution in [0, 0.1) is 0 Å². The van der Waals surface area contributed by atoms with Gasteiger partial charge in [-0.05, 0) is 42.7 Å². The van der Waals surface area contributed by atoms with Crippen LogP contribution in [0.1, 0.15) is 30.1 Å². The number of carbonyl (C=O) groups is 1. The number of nitrogens with one attached hydrogen (secondary N) is 2. The molecule has 0 saturated carbocycles. The first-order chi connectivity index (χ1) is 14.3. The maximum Gasteiger partial charge on any atom is 0.315 e. The highest BCUT2D eigenvalue weighted by Crippen LogP contribution is 2.21. The maximum absolute atomic E-state index is 12.8. The number of amides is 2. The highest BCUT2D eigenvalue weighted by atomic mass is 16.2. The lowest BCUT2D eigenvalue weighted by atomic mass is 10.0. The van der Waals surface area contributed by atoms with E-state index in [0.29, 0.717) is 0 Å². The summed E-state index contributed by atoms with van der Waals surface area (Å²) in [5.74, 6) is 0. The number of benzene rings is 2. The first-order valence-electron chi connectivity index (χ1n) is 10.1. The van der Waals surface area contributed by atoms with Crippen molar-refractivity contribution in [3.05, 3.63) is 96.3 Å². The molecule has 5 heteroatoms. The monoisotopic (exact) mass is 386 g/mol. The minimum absolute atomic E-state index is 0.150. The zero-order valence-corrected chi connectivity index (χ0v) is 16.4. The number of pyridine rings is 1. The van der Waals surface area contributed by atoms with Gasteiger partial charge in [-0.1, -0.05) is 54.6 Å². The highest BCUT2D eigenvalue weighted by molar-refractivity contribution is 5.75. The molecule has 0 radical (unpaired) electrons. The van der Waals surface area contributed by atoms with E-state index in [1.54, 1.807) is 6.20 Å². The van der Waals surface area contributed by atoms with Gasteiger partial charge in [0, 0.05) is 31.0 Å². The Labute approximate surface area is 171 Å². The Hall–Kier alpha value is -3.34. The number of aromatic nitrogens is 1. The topological polar surface area (TPSA) is 57.3 Å². The standard InChI is InChI=1S/C24H26N4O/c29-24(26-20-14-17-28(18-15-20)21-11-5-2-6-12-21)27-23(19-9-3-1-4-10-19)22-13-7-8-16-25-22/h1-13,16,20,23H,14-15,17-18H2,(H2,26,27,29). The van der Waals surface area contributed by atoms with Gasteiger partial charge >= 0.3 is 6.03 Å². The quantitative estimate of drug-likeness (QED) is 0.693. The smallest absolute Gasteiger partial charge is 0.315 e. The van der Waals surface area contributed by atoms with Gasteiger partial charge in [0.15, 0.2) is 0 Å². The second-order valence-corrected chi connectivity index (χ2v) is 7.31. The summed E-state index contributed by atoms with van der Waals surface area (Å²) in [6.07, 6.45) is 3.62. The van der Waals surface area contributed by atoms with Gasteiger partial charge in [0.2, 0.25) is 0 Å². The van der Waals surface area contributed by atoms with Crippen LogP contribution in [-0.4, -0.2) is 30.1 Å². The fourth-order valence-corrected chi connectivity index (χ4v) is 3.80. The SMILES string of the molecule is O=C(NC1CCN(c2ccccc2)CC1)NC(c1ccccc1)c1ccccn1. The first kappa shape index (κ1) is 19.0. The average molecular weight is 386 g/mol. The van der Waals surface area contributed by atoms with E-state index in [1.165, 1.54) is 5.69 Å². The first-order valence-corrected chi connectivity index (χ1v) is 10.1. The van der Waals surface area contributed by atoms with E-state index in [-0.39, 0.29) is 18.1 Å². The minimum atomic E-state index is -0.276. The number of hydrogen-bond acceptors (Lipinski definition) is 3. The number of piperidine rings is 1. The molecule has 1 saturated heterocycles. The predicted octanol–water partition coefficient (Wildman–Crippen LogP) is 4.14. The molecule has 2 N–H and O–H groups in total. The van der Waals surface area contributed by atoms with Crippen LogP contribution in [0.2, 0.25) is 0 Å². The Morgan fingerprint density at radius 3 is 2.21 bits per heavy atom. The largest absolute Gasteiger partial charge is 0.371 e. The minimum Gasteiger partial charge on any atom is -0.371 e. The van der Waals surface area contributed by atoms with Crippen LogP contribution >= 0.6 is 0 Å². The van der Waals surface area contributed by atoms with Crippen LogP contribution in [-0.2, 0) is 0 Å². The molecule has 1 fully saturated rings. The zero-order chi connectivity index (χ0) is 19.9. The van der Waals surface area contributed by atoms with Gasteiger partial charge in [-0.15, -0.1) is 0 Å².